The first-order valence-electron chi connectivity index (χ1n) is 23.2. The second-order valence-electron chi connectivity index (χ2n) is 19.8. The number of amides is 2. The van der Waals surface area contributed by atoms with Gasteiger partial charge < -0.3 is 64.2 Å². The summed E-state index contributed by atoms with van der Waals surface area (Å²) in [6.07, 6.45) is -8.51. The summed E-state index contributed by atoms with van der Waals surface area (Å²) >= 11 is 0. The highest BCUT2D eigenvalue weighted by atomic mass is 16.7. The number of methoxy groups -OCH3 is 1. The number of aliphatic hydroxyl groups excluding tert-OH is 2. The Morgan fingerprint density at radius 3 is 2.26 bits per heavy atom. The zero-order valence-corrected chi connectivity index (χ0v) is 41.0. The van der Waals surface area contributed by atoms with E-state index in [0.29, 0.717) is 12.2 Å². The normalized spacial score (nSPS) is 42.1. The van der Waals surface area contributed by atoms with Crippen LogP contribution in [0.5, 0.6) is 0 Å². The van der Waals surface area contributed by atoms with Crippen LogP contribution in [0.25, 0.3) is 0 Å². The van der Waals surface area contributed by atoms with Crippen molar-refractivity contribution < 1.29 is 63.5 Å². The van der Waals surface area contributed by atoms with Crippen molar-refractivity contribution in [2.75, 3.05) is 32.6 Å². The van der Waals surface area contributed by atoms with E-state index < -0.39 is 108 Å². The maximum atomic E-state index is 14.5. The number of hydrogen-bond donors (Lipinski definition) is 6. The van der Waals surface area contributed by atoms with E-state index in [1.165, 1.54) is 35.0 Å². The Hall–Kier alpha value is -3.41. The number of nitrogens with one attached hydrogen (secondary N) is 1. The van der Waals surface area contributed by atoms with Crippen molar-refractivity contribution in [1.82, 2.24) is 30.4 Å². The lowest BCUT2D eigenvalue weighted by atomic mass is 9.75. The van der Waals surface area contributed by atoms with Crippen LogP contribution in [0, 0.1) is 17.8 Å². The average molecular weight is 936 g/mol. The minimum Gasteiger partial charge on any atom is -0.459 e. The lowest BCUT2D eigenvalue weighted by Gasteiger charge is -2.53. The smallest absolute Gasteiger partial charge is 0.324 e. The highest BCUT2D eigenvalue weighted by Crippen LogP contribution is 2.44. The molecular formula is C46H77N7O13. The van der Waals surface area contributed by atoms with Gasteiger partial charge in [0.2, 0.25) is 0 Å². The molecule has 5 rings (SSSR count). The van der Waals surface area contributed by atoms with Gasteiger partial charge in [0, 0.05) is 45.3 Å². The Kier molecular flexibility index (Phi) is 17.4. The van der Waals surface area contributed by atoms with Crippen LogP contribution in [0.4, 0.5) is 10.5 Å². The number of carbonyl (C=O) groups excluding carboxylic acids is 2. The monoisotopic (exact) mass is 936 g/mol. The molecule has 0 aliphatic carbocycles. The molecule has 3 saturated heterocycles. The van der Waals surface area contributed by atoms with Crippen LogP contribution in [0.3, 0.4) is 0 Å². The molecule has 18 atom stereocenters. The third kappa shape index (κ3) is 11.4. The fraction of sp³-hybridized carbons (Fsp3) is 0.804. The maximum absolute atomic E-state index is 14.5. The number of benzene rings is 1. The summed E-state index contributed by atoms with van der Waals surface area (Å²) in [7, 11) is 4.72. The molecule has 66 heavy (non-hydrogen) atoms. The fourth-order valence-electron chi connectivity index (χ4n) is 10.2. The minimum atomic E-state index is -1.88. The first kappa shape index (κ1) is 53.5. The number of rotatable bonds is 10. The van der Waals surface area contributed by atoms with Crippen molar-refractivity contribution in [3.05, 3.63) is 36.7 Å². The summed E-state index contributed by atoms with van der Waals surface area (Å²) in [6, 6.07) is 7.33. The first-order valence-corrected chi connectivity index (χ1v) is 23.2. The van der Waals surface area contributed by atoms with Crippen molar-refractivity contribution >= 4 is 17.7 Å². The van der Waals surface area contributed by atoms with Crippen LogP contribution in [0.15, 0.2) is 36.7 Å². The summed E-state index contributed by atoms with van der Waals surface area (Å²) < 4.78 is 38.5. The quantitative estimate of drug-likeness (QED) is 0.187. The van der Waals surface area contributed by atoms with Crippen molar-refractivity contribution in [2.24, 2.45) is 17.8 Å². The molecule has 4 heterocycles. The van der Waals surface area contributed by atoms with Gasteiger partial charge in [-0.15, -0.1) is 10.2 Å². The average Bonchev–Trinajstić information content (AvgIpc) is 3.79. The molecule has 3 aliphatic heterocycles. The number of ether oxygens (including phenoxy) is 6. The van der Waals surface area contributed by atoms with Crippen LogP contribution in [0.2, 0.25) is 0 Å². The molecule has 0 unspecified atom stereocenters. The van der Waals surface area contributed by atoms with Crippen molar-refractivity contribution in [1.29, 1.82) is 0 Å². The van der Waals surface area contributed by atoms with E-state index in [2.05, 4.69) is 20.7 Å². The van der Waals surface area contributed by atoms with Crippen LogP contribution < -0.4 is 10.2 Å². The Bertz CT molecular complexity index is 1860. The highest BCUT2D eigenvalue weighted by Gasteiger charge is 2.59. The van der Waals surface area contributed by atoms with Gasteiger partial charge in [0.05, 0.1) is 48.5 Å². The van der Waals surface area contributed by atoms with Gasteiger partial charge in [0.1, 0.15) is 35.1 Å². The number of likely N-dealkylation sites (N-methyl/N-ethyl adjacent to an activating group) is 1. The lowest BCUT2D eigenvalue weighted by molar-refractivity contribution is -0.340. The Morgan fingerprint density at radius 1 is 0.985 bits per heavy atom. The first-order chi connectivity index (χ1) is 30.8. The molecule has 6 N–H and O–H groups in total. The van der Waals surface area contributed by atoms with Gasteiger partial charge in [-0.1, -0.05) is 39.0 Å². The molecule has 2 amide bonds. The molecule has 1 aromatic heterocycles. The molecular weight excluding hydrogens is 859 g/mol. The van der Waals surface area contributed by atoms with Crippen molar-refractivity contribution in [2.45, 2.75) is 191 Å². The van der Waals surface area contributed by atoms with Crippen LogP contribution in [-0.2, 0) is 39.8 Å². The number of anilines is 1. The number of urea groups is 1. The molecule has 3 fully saturated rings. The zero-order valence-electron chi connectivity index (χ0n) is 41.0. The van der Waals surface area contributed by atoms with E-state index in [-0.39, 0.29) is 44.2 Å². The number of tetrazole rings is 1. The van der Waals surface area contributed by atoms with E-state index in [9.17, 15) is 35.1 Å². The third-order valence-electron chi connectivity index (χ3n) is 14.5. The number of hydrogen-bond acceptors (Lipinski definition) is 17. The molecule has 20 heteroatoms. The Morgan fingerprint density at radius 2 is 1.65 bits per heavy atom. The van der Waals surface area contributed by atoms with Crippen LogP contribution in [-0.4, -0.2) is 180 Å². The van der Waals surface area contributed by atoms with E-state index in [1.807, 2.05) is 44.2 Å². The SMILES string of the molecule is CC[C@H]1OC(=O)[C@H](C)[C@@H](O[C@H]2C[C@@](C)(OC)[C@](O)(Cn3ncnn3)[C@H](C)O2)[C@H](C)[C@@H](O[C@@H]2O[C@H](C)C[C@H](N(C)C(=O)N(C)c3ccccc3)[C@H]2O)[C@](C)(O)C[C@@H](C)CN[C@H](C)[C@@H](O)[C@]1(C)O. The molecule has 1 aromatic carbocycles. The second-order valence-corrected chi connectivity index (χ2v) is 19.8. The molecule has 2 aromatic rings. The number of esters is 1. The zero-order chi connectivity index (χ0) is 49.1. The predicted molar refractivity (Wildman–Crippen MR) is 241 cm³/mol. The summed E-state index contributed by atoms with van der Waals surface area (Å²) in [6.45, 7) is 17.1. The lowest BCUT2D eigenvalue weighted by Crippen LogP contribution is -2.68. The number of aliphatic hydroxyl groups is 5. The van der Waals surface area contributed by atoms with E-state index in [0.717, 1.165) is 0 Å². The summed E-state index contributed by atoms with van der Waals surface area (Å²) in [4.78, 5) is 32.6. The van der Waals surface area contributed by atoms with Gasteiger partial charge in [-0.25, -0.2) is 4.79 Å². The van der Waals surface area contributed by atoms with Gasteiger partial charge >= 0.3 is 12.0 Å². The fourth-order valence-corrected chi connectivity index (χ4v) is 10.2. The number of carbonyl (C=O) groups is 2. The van der Waals surface area contributed by atoms with Gasteiger partial charge in [0.25, 0.3) is 0 Å². The minimum absolute atomic E-state index is 0.0491. The van der Waals surface area contributed by atoms with Gasteiger partial charge in [-0.2, -0.15) is 4.80 Å². The standard InChI is InChI=1S/C46H77N7O13/c1-14-34-45(10,59)38(55)30(6)47-23-26(2)21-43(8,58)39(66-41-36(54)33(20-27(3)62-41)52(12)42(57)51(11)32-18-16-15-17-19-32)28(4)37(29(5)40(56)64-34)65-35-22-44(9,61-13)46(60,31(7)63-35)24-53-49-25-48-50-53/h15-19,25-31,33-39,41,47,54-55,58-60H,14,20-24H2,1-13H3/t26-,27-,28+,29-,30-,31+,33+,34-,35+,36-,37+,38-,39-,41+,43-,44-,45-,46+/m1/s1. The summed E-state index contributed by atoms with van der Waals surface area (Å²) in [5.74, 6) is -3.09. The predicted octanol–water partition coefficient (Wildman–Crippen LogP) is 2.24. The van der Waals surface area contributed by atoms with Gasteiger partial charge in [0.15, 0.2) is 18.9 Å². The van der Waals surface area contributed by atoms with Crippen molar-refractivity contribution in [3.8, 4) is 0 Å². The molecule has 3 aliphatic rings. The Labute approximate surface area is 389 Å². The number of para-hydroxylation sites is 1. The largest absolute Gasteiger partial charge is 0.459 e. The van der Waals surface area contributed by atoms with Crippen molar-refractivity contribution in [3.63, 3.8) is 0 Å². The van der Waals surface area contributed by atoms with Gasteiger partial charge in [-0.05, 0) is 97.5 Å². The van der Waals surface area contributed by atoms with E-state index in [1.54, 1.807) is 62.6 Å². The molecule has 0 radical (unpaired) electrons. The number of cyclic esters (lactones) is 1. The van der Waals surface area contributed by atoms with Crippen LogP contribution >= 0.6 is 0 Å². The number of aromatic nitrogens is 4. The third-order valence-corrected chi connectivity index (χ3v) is 14.5. The highest BCUT2D eigenvalue weighted by molar-refractivity contribution is 5.91. The van der Waals surface area contributed by atoms with Gasteiger partial charge in [-0.3, -0.25) is 9.69 Å². The Balaban J connectivity index is 1.55. The second kappa shape index (κ2) is 21.5. The molecule has 374 valence electrons. The molecule has 0 spiro atoms. The molecule has 0 bridgehead atoms. The van der Waals surface area contributed by atoms with E-state index >= 15 is 0 Å². The molecule has 20 nitrogen and oxygen atoms in total. The topological polar surface area (TPSA) is 253 Å². The maximum Gasteiger partial charge on any atom is 0.324 e. The molecule has 0 saturated carbocycles. The summed E-state index contributed by atoms with van der Waals surface area (Å²) in [5.41, 5.74) is -5.95. The number of nitrogens with zero attached hydrogens (tertiary/aromatic N) is 6. The van der Waals surface area contributed by atoms with E-state index in [4.69, 9.17) is 28.4 Å². The van der Waals surface area contributed by atoms with Crippen LogP contribution in [0.1, 0.15) is 94.9 Å². The summed E-state index contributed by atoms with van der Waals surface area (Å²) in [5, 5.41) is 75.4.